The first-order valence-electron chi connectivity index (χ1n) is 6.39. The van der Waals surface area contributed by atoms with Crippen LogP contribution in [0.3, 0.4) is 0 Å². The average Bonchev–Trinajstić information content (AvgIpc) is 2.49. The maximum Gasteiger partial charge on any atom is 0.248 e. The summed E-state index contributed by atoms with van der Waals surface area (Å²) in [5, 5.41) is 1.98. The monoisotopic (exact) mass is 302 g/mol. The Balaban J connectivity index is 2.15. The molecule has 0 aliphatic rings. The molecule has 2 aromatic rings. The minimum absolute atomic E-state index is 0.321. The topological polar surface area (TPSA) is 72.2 Å². The molecule has 2 aromatic carbocycles. The first-order valence-corrected chi connectivity index (χ1v) is 6.83. The van der Waals surface area contributed by atoms with Crippen molar-refractivity contribution in [3.8, 4) is 0 Å². The lowest BCUT2D eigenvalue weighted by Gasteiger charge is -2.13. The third kappa shape index (κ3) is 3.61. The van der Waals surface area contributed by atoms with Gasteiger partial charge >= 0.3 is 0 Å². The Morgan fingerprint density at radius 2 is 1.81 bits per heavy atom. The number of aryl methyl sites for hydroxylation is 1. The number of carbonyl (C=O) groups excluding carboxylic acids is 2. The lowest BCUT2D eigenvalue weighted by Crippen LogP contribution is -2.18. The summed E-state index contributed by atoms with van der Waals surface area (Å²) in [4.78, 5) is 23.2. The number of hydrogen-bond acceptors (Lipinski definition) is 2. The van der Waals surface area contributed by atoms with E-state index in [2.05, 4.69) is 5.32 Å². The predicted octanol–water partition coefficient (Wildman–Crippen LogP) is 3.01. The number of alkyl halides is 1. The average molecular weight is 303 g/mol. The van der Waals surface area contributed by atoms with Crippen LogP contribution in [0.5, 0.6) is 0 Å². The van der Waals surface area contributed by atoms with Crippen LogP contribution in [0, 0.1) is 6.92 Å². The molecule has 0 radical (unpaired) electrons. The molecule has 1 atom stereocenters. The first-order chi connectivity index (χ1) is 9.99. The highest BCUT2D eigenvalue weighted by molar-refractivity contribution is 6.32. The smallest absolute Gasteiger partial charge is 0.248 e. The van der Waals surface area contributed by atoms with E-state index >= 15 is 0 Å². The van der Waals surface area contributed by atoms with Gasteiger partial charge in [-0.2, -0.15) is 0 Å². The van der Waals surface area contributed by atoms with Crippen LogP contribution in [0.1, 0.15) is 26.9 Å². The molecular weight excluding hydrogens is 288 g/mol. The van der Waals surface area contributed by atoms with Gasteiger partial charge in [0.05, 0.1) is 0 Å². The minimum atomic E-state index is -0.776. The molecule has 0 aliphatic carbocycles. The molecule has 0 fully saturated rings. The molecule has 0 saturated carbocycles. The fourth-order valence-corrected chi connectivity index (χ4v) is 2.13. The zero-order valence-corrected chi connectivity index (χ0v) is 12.2. The third-order valence-electron chi connectivity index (χ3n) is 3.09. The van der Waals surface area contributed by atoms with Crippen LogP contribution in [0.4, 0.5) is 5.69 Å². The van der Waals surface area contributed by atoms with Crippen molar-refractivity contribution in [1.29, 1.82) is 0 Å². The maximum absolute atomic E-state index is 12.1. The van der Waals surface area contributed by atoms with E-state index in [-0.39, 0.29) is 5.91 Å². The standard InChI is InChI=1S/C16H15ClN2O2/c1-10-9-12(15(18)20)7-8-13(10)19-16(21)14(17)11-5-3-2-4-6-11/h2-9,14H,1H3,(H2,18,20)(H,19,21). The van der Waals surface area contributed by atoms with E-state index in [1.54, 1.807) is 37.3 Å². The number of hydrogen-bond donors (Lipinski definition) is 2. The summed E-state index contributed by atoms with van der Waals surface area (Å²) in [5.41, 5.74) is 7.69. The van der Waals surface area contributed by atoms with E-state index in [4.69, 9.17) is 17.3 Å². The number of benzene rings is 2. The highest BCUT2D eigenvalue weighted by Crippen LogP contribution is 2.23. The maximum atomic E-state index is 12.1. The van der Waals surface area contributed by atoms with Gasteiger partial charge in [0.2, 0.25) is 11.8 Å². The largest absolute Gasteiger partial charge is 0.366 e. The summed E-state index contributed by atoms with van der Waals surface area (Å²) in [6, 6.07) is 13.9. The number of anilines is 1. The number of primary amides is 1. The molecule has 0 aliphatic heterocycles. The Morgan fingerprint density at radius 1 is 1.14 bits per heavy atom. The number of halogens is 1. The van der Waals surface area contributed by atoms with E-state index in [0.717, 1.165) is 11.1 Å². The molecule has 0 spiro atoms. The van der Waals surface area contributed by atoms with Gasteiger partial charge in [-0.3, -0.25) is 9.59 Å². The quantitative estimate of drug-likeness (QED) is 0.852. The van der Waals surface area contributed by atoms with E-state index in [1.165, 1.54) is 0 Å². The van der Waals surface area contributed by atoms with Crippen molar-refractivity contribution in [3.63, 3.8) is 0 Å². The number of nitrogens with two attached hydrogens (primary N) is 1. The highest BCUT2D eigenvalue weighted by atomic mass is 35.5. The van der Waals surface area contributed by atoms with Crippen LogP contribution >= 0.6 is 11.6 Å². The van der Waals surface area contributed by atoms with Crippen molar-refractivity contribution >= 4 is 29.1 Å². The zero-order valence-electron chi connectivity index (χ0n) is 11.5. The highest BCUT2D eigenvalue weighted by Gasteiger charge is 2.18. The molecule has 4 nitrogen and oxygen atoms in total. The molecular formula is C16H15ClN2O2. The Morgan fingerprint density at radius 3 is 2.38 bits per heavy atom. The van der Waals surface area contributed by atoms with E-state index < -0.39 is 11.3 Å². The molecule has 0 saturated heterocycles. The van der Waals surface area contributed by atoms with Gasteiger partial charge in [-0.15, -0.1) is 11.6 Å². The summed E-state index contributed by atoms with van der Waals surface area (Å²) in [7, 11) is 0. The summed E-state index contributed by atoms with van der Waals surface area (Å²) in [5.74, 6) is -0.826. The van der Waals surface area contributed by atoms with Crippen molar-refractivity contribution in [2.24, 2.45) is 5.73 Å². The molecule has 0 bridgehead atoms. The Labute approximate surface area is 127 Å². The Kier molecular flexibility index (Phi) is 4.60. The molecule has 3 N–H and O–H groups in total. The van der Waals surface area contributed by atoms with Crippen molar-refractivity contribution in [2.75, 3.05) is 5.32 Å². The number of carbonyl (C=O) groups is 2. The van der Waals surface area contributed by atoms with Crippen LogP contribution in [-0.4, -0.2) is 11.8 Å². The zero-order chi connectivity index (χ0) is 15.4. The lowest BCUT2D eigenvalue weighted by molar-refractivity contribution is -0.116. The van der Waals surface area contributed by atoms with Gasteiger partial charge in [-0.1, -0.05) is 30.3 Å². The second kappa shape index (κ2) is 6.41. The van der Waals surface area contributed by atoms with Crippen LogP contribution in [0.2, 0.25) is 0 Å². The van der Waals surface area contributed by atoms with Gasteiger partial charge in [0, 0.05) is 11.3 Å². The molecule has 108 valence electrons. The predicted molar refractivity (Wildman–Crippen MR) is 83.4 cm³/mol. The van der Waals surface area contributed by atoms with Crippen molar-refractivity contribution in [2.45, 2.75) is 12.3 Å². The number of nitrogens with one attached hydrogen (secondary N) is 1. The molecule has 2 amide bonds. The molecule has 5 heteroatoms. The minimum Gasteiger partial charge on any atom is -0.366 e. The van der Waals surface area contributed by atoms with Gasteiger partial charge < -0.3 is 11.1 Å². The SMILES string of the molecule is Cc1cc(C(N)=O)ccc1NC(=O)C(Cl)c1ccccc1. The van der Waals surface area contributed by atoms with Crippen molar-refractivity contribution in [1.82, 2.24) is 0 Å². The van der Waals surface area contributed by atoms with Gasteiger partial charge in [0.15, 0.2) is 0 Å². The summed E-state index contributed by atoms with van der Waals surface area (Å²) in [6.07, 6.45) is 0. The van der Waals surface area contributed by atoms with Crippen LogP contribution < -0.4 is 11.1 Å². The Bertz CT molecular complexity index is 671. The lowest BCUT2D eigenvalue weighted by atomic mass is 10.1. The van der Waals surface area contributed by atoms with Gasteiger partial charge in [0.1, 0.15) is 5.38 Å². The first kappa shape index (κ1) is 15.1. The van der Waals surface area contributed by atoms with Gasteiger partial charge in [-0.25, -0.2) is 0 Å². The fraction of sp³-hybridized carbons (Fsp3) is 0.125. The van der Waals surface area contributed by atoms with E-state index in [0.29, 0.717) is 11.3 Å². The van der Waals surface area contributed by atoms with E-state index in [1.807, 2.05) is 18.2 Å². The normalized spacial score (nSPS) is 11.7. The van der Waals surface area contributed by atoms with Crippen molar-refractivity contribution in [3.05, 3.63) is 65.2 Å². The van der Waals surface area contributed by atoms with Crippen molar-refractivity contribution < 1.29 is 9.59 Å². The Hall–Kier alpha value is -2.33. The molecule has 0 heterocycles. The van der Waals surface area contributed by atoms with Gasteiger partial charge in [0.25, 0.3) is 0 Å². The number of amides is 2. The summed E-state index contributed by atoms with van der Waals surface area (Å²) >= 11 is 6.15. The molecule has 0 aromatic heterocycles. The van der Waals surface area contributed by atoms with Crippen LogP contribution in [-0.2, 0) is 4.79 Å². The number of rotatable bonds is 4. The second-order valence-electron chi connectivity index (χ2n) is 4.66. The van der Waals surface area contributed by atoms with E-state index in [9.17, 15) is 9.59 Å². The van der Waals surface area contributed by atoms with Crippen LogP contribution in [0.15, 0.2) is 48.5 Å². The molecule has 2 rings (SSSR count). The molecule has 21 heavy (non-hydrogen) atoms. The second-order valence-corrected chi connectivity index (χ2v) is 5.09. The molecule has 1 unspecified atom stereocenters. The van der Waals surface area contributed by atoms with Gasteiger partial charge in [-0.05, 0) is 36.2 Å². The third-order valence-corrected chi connectivity index (χ3v) is 3.54. The van der Waals surface area contributed by atoms with Crippen LogP contribution in [0.25, 0.3) is 0 Å². The summed E-state index contributed by atoms with van der Waals surface area (Å²) < 4.78 is 0. The fourth-order valence-electron chi connectivity index (χ4n) is 1.93. The summed E-state index contributed by atoms with van der Waals surface area (Å²) in [6.45, 7) is 1.79.